The molecule has 0 spiro atoms. The molecule has 1 aromatic carbocycles. The van der Waals surface area contributed by atoms with Crippen LogP contribution >= 0.6 is 0 Å². The Labute approximate surface area is 126 Å². The van der Waals surface area contributed by atoms with Crippen LogP contribution in [0, 0.1) is 5.92 Å². The highest BCUT2D eigenvalue weighted by Crippen LogP contribution is 2.20. The zero-order valence-corrected chi connectivity index (χ0v) is 13.3. The van der Waals surface area contributed by atoms with Crippen molar-refractivity contribution in [3.8, 4) is 0 Å². The quantitative estimate of drug-likeness (QED) is 0.724. The summed E-state index contributed by atoms with van der Waals surface area (Å²) < 4.78 is 10.1. The number of hydrogen-bond acceptors (Lipinski definition) is 4. The maximum atomic E-state index is 12.2. The van der Waals surface area contributed by atoms with Crippen molar-refractivity contribution < 1.29 is 19.1 Å². The molecule has 0 aliphatic carbocycles. The van der Waals surface area contributed by atoms with Crippen LogP contribution in [0.2, 0.25) is 0 Å². The number of benzene rings is 1. The Hall–Kier alpha value is -1.84. The number of carbonyl (C=O) groups is 2. The summed E-state index contributed by atoms with van der Waals surface area (Å²) in [5.41, 5.74) is 2.11. The molecular formula is C17H24O4. The molecule has 1 aromatic rings. The Morgan fingerprint density at radius 1 is 1.05 bits per heavy atom. The minimum Gasteiger partial charge on any atom is -0.466 e. The Morgan fingerprint density at radius 2 is 1.67 bits per heavy atom. The van der Waals surface area contributed by atoms with Gasteiger partial charge in [-0.3, -0.25) is 4.79 Å². The van der Waals surface area contributed by atoms with E-state index in [2.05, 4.69) is 13.8 Å². The standard InChI is InChI=1S/C17H24O4/c1-5-20-15(18)11-14-9-7-8-13(10-12(3)4)16(14)17(19)21-6-2/h7-9,12H,5-6,10-11H2,1-4H3. The lowest BCUT2D eigenvalue weighted by Crippen LogP contribution is -2.16. The molecule has 0 unspecified atom stereocenters. The molecule has 0 atom stereocenters. The first-order valence-electron chi connectivity index (χ1n) is 7.43. The molecular weight excluding hydrogens is 268 g/mol. The van der Waals surface area contributed by atoms with Gasteiger partial charge in [0.05, 0.1) is 25.2 Å². The van der Waals surface area contributed by atoms with Crippen molar-refractivity contribution in [3.05, 3.63) is 34.9 Å². The van der Waals surface area contributed by atoms with Gasteiger partial charge in [0, 0.05) is 0 Å². The molecule has 4 heteroatoms. The van der Waals surface area contributed by atoms with Gasteiger partial charge in [-0.2, -0.15) is 0 Å². The van der Waals surface area contributed by atoms with Crippen molar-refractivity contribution in [1.29, 1.82) is 0 Å². The molecule has 0 fully saturated rings. The van der Waals surface area contributed by atoms with Crippen LogP contribution in [-0.4, -0.2) is 25.2 Å². The van der Waals surface area contributed by atoms with E-state index in [4.69, 9.17) is 9.47 Å². The monoisotopic (exact) mass is 292 g/mol. The summed E-state index contributed by atoms with van der Waals surface area (Å²) in [6.45, 7) is 8.36. The minimum absolute atomic E-state index is 0.0912. The Bertz CT molecular complexity index is 492. The Kier molecular flexibility index (Phi) is 6.92. The second-order valence-corrected chi connectivity index (χ2v) is 5.25. The van der Waals surface area contributed by atoms with Gasteiger partial charge in [-0.05, 0) is 37.3 Å². The van der Waals surface area contributed by atoms with Crippen LogP contribution in [0.15, 0.2) is 18.2 Å². The molecule has 0 saturated carbocycles. The lowest BCUT2D eigenvalue weighted by Gasteiger charge is -2.15. The molecule has 4 nitrogen and oxygen atoms in total. The SMILES string of the molecule is CCOC(=O)Cc1cccc(CC(C)C)c1C(=O)OCC. The van der Waals surface area contributed by atoms with Crippen LogP contribution in [0.3, 0.4) is 0 Å². The van der Waals surface area contributed by atoms with E-state index in [0.29, 0.717) is 30.3 Å². The van der Waals surface area contributed by atoms with Gasteiger partial charge >= 0.3 is 11.9 Å². The van der Waals surface area contributed by atoms with E-state index in [1.165, 1.54) is 0 Å². The maximum Gasteiger partial charge on any atom is 0.338 e. The molecule has 0 aliphatic heterocycles. The first-order chi connectivity index (χ1) is 9.99. The Morgan fingerprint density at radius 3 is 2.24 bits per heavy atom. The molecule has 116 valence electrons. The average Bonchev–Trinajstić information content (AvgIpc) is 2.38. The average molecular weight is 292 g/mol. The van der Waals surface area contributed by atoms with Gasteiger partial charge in [-0.15, -0.1) is 0 Å². The summed E-state index contributed by atoms with van der Waals surface area (Å²) in [6, 6.07) is 5.57. The van der Waals surface area contributed by atoms with Gasteiger partial charge in [-0.25, -0.2) is 4.79 Å². The van der Waals surface area contributed by atoms with Gasteiger partial charge in [0.2, 0.25) is 0 Å². The van der Waals surface area contributed by atoms with Gasteiger partial charge in [0.1, 0.15) is 0 Å². The number of carbonyl (C=O) groups excluding carboxylic acids is 2. The lowest BCUT2D eigenvalue weighted by molar-refractivity contribution is -0.142. The van der Waals surface area contributed by atoms with Crippen molar-refractivity contribution >= 4 is 11.9 Å². The summed E-state index contributed by atoms with van der Waals surface area (Å²) in [5.74, 6) is -0.284. The number of hydrogen-bond donors (Lipinski definition) is 0. The molecule has 0 heterocycles. The topological polar surface area (TPSA) is 52.6 Å². The van der Waals surface area contributed by atoms with E-state index in [-0.39, 0.29) is 18.4 Å². The molecule has 0 N–H and O–H groups in total. The largest absolute Gasteiger partial charge is 0.466 e. The molecule has 0 aliphatic rings. The van der Waals surface area contributed by atoms with E-state index in [0.717, 1.165) is 12.0 Å². The molecule has 21 heavy (non-hydrogen) atoms. The fourth-order valence-electron chi connectivity index (χ4n) is 2.24. The second-order valence-electron chi connectivity index (χ2n) is 5.25. The second kappa shape index (κ2) is 8.45. The highest BCUT2D eigenvalue weighted by molar-refractivity contribution is 5.94. The van der Waals surface area contributed by atoms with E-state index in [9.17, 15) is 9.59 Å². The summed E-state index contributed by atoms with van der Waals surface area (Å²) in [6.07, 6.45) is 0.860. The third-order valence-corrected chi connectivity index (χ3v) is 2.98. The fraction of sp³-hybridized carbons (Fsp3) is 0.529. The van der Waals surface area contributed by atoms with E-state index < -0.39 is 0 Å². The fourth-order valence-corrected chi connectivity index (χ4v) is 2.24. The van der Waals surface area contributed by atoms with Crippen LogP contribution in [-0.2, 0) is 27.1 Å². The Balaban J connectivity index is 3.15. The lowest BCUT2D eigenvalue weighted by atomic mass is 9.93. The number of esters is 2. The minimum atomic E-state index is -0.368. The first-order valence-corrected chi connectivity index (χ1v) is 7.43. The number of ether oxygens (including phenoxy) is 2. The molecule has 0 saturated heterocycles. The van der Waals surface area contributed by atoms with E-state index >= 15 is 0 Å². The molecule has 0 amide bonds. The van der Waals surface area contributed by atoms with Gasteiger partial charge in [-0.1, -0.05) is 32.0 Å². The van der Waals surface area contributed by atoms with Crippen LogP contribution in [0.4, 0.5) is 0 Å². The predicted molar refractivity (Wildman–Crippen MR) is 81.3 cm³/mol. The van der Waals surface area contributed by atoms with Crippen molar-refractivity contribution in [2.24, 2.45) is 5.92 Å². The van der Waals surface area contributed by atoms with E-state index in [1.807, 2.05) is 12.1 Å². The van der Waals surface area contributed by atoms with Crippen LogP contribution < -0.4 is 0 Å². The third-order valence-electron chi connectivity index (χ3n) is 2.98. The molecule has 0 radical (unpaired) electrons. The van der Waals surface area contributed by atoms with Crippen molar-refractivity contribution in [1.82, 2.24) is 0 Å². The van der Waals surface area contributed by atoms with Crippen LogP contribution in [0.25, 0.3) is 0 Å². The summed E-state index contributed by atoms with van der Waals surface area (Å²) in [4.78, 5) is 23.9. The van der Waals surface area contributed by atoms with Crippen molar-refractivity contribution in [3.63, 3.8) is 0 Å². The van der Waals surface area contributed by atoms with E-state index in [1.54, 1.807) is 19.9 Å². The normalized spacial score (nSPS) is 10.5. The van der Waals surface area contributed by atoms with Crippen molar-refractivity contribution in [2.45, 2.75) is 40.5 Å². The van der Waals surface area contributed by atoms with Gasteiger partial charge in [0.25, 0.3) is 0 Å². The van der Waals surface area contributed by atoms with Gasteiger partial charge < -0.3 is 9.47 Å². The molecule has 0 aromatic heterocycles. The maximum absolute atomic E-state index is 12.2. The first kappa shape index (κ1) is 17.2. The summed E-state index contributed by atoms with van der Waals surface area (Å²) in [5, 5.41) is 0. The predicted octanol–water partition coefficient (Wildman–Crippen LogP) is 3.17. The van der Waals surface area contributed by atoms with Crippen LogP contribution in [0.1, 0.15) is 49.2 Å². The highest BCUT2D eigenvalue weighted by atomic mass is 16.5. The zero-order valence-electron chi connectivity index (χ0n) is 13.3. The molecule has 1 rings (SSSR count). The van der Waals surface area contributed by atoms with Gasteiger partial charge in [0.15, 0.2) is 0 Å². The molecule has 0 bridgehead atoms. The highest BCUT2D eigenvalue weighted by Gasteiger charge is 2.20. The third kappa shape index (κ3) is 5.21. The summed E-state index contributed by atoms with van der Waals surface area (Å²) in [7, 11) is 0. The van der Waals surface area contributed by atoms with Crippen molar-refractivity contribution in [2.75, 3.05) is 13.2 Å². The van der Waals surface area contributed by atoms with Crippen LogP contribution in [0.5, 0.6) is 0 Å². The zero-order chi connectivity index (χ0) is 15.8. The number of rotatable bonds is 7. The summed E-state index contributed by atoms with van der Waals surface area (Å²) >= 11 is 0. The smallest absolute Gasteiger partial charge is 0.338 e.